The molecule has 0 bridgehead atoms. The molecule has 0 radical (unpaired) electrons. The third kappa shape index (κ3) is 7.65. The zero-order valence-corrected chi connectivity index (χ0v) is 18.7. The Labute approximate surface area is 156 Å². The molecule has 1 aromatic rings. The minimum absolute atomic E-state index is 0.786. The first-order valence-corrected chi connectivity index (χ1v) is 15.6. The molecule has 132 valence electrons. The van der Waals surface area contributed by atoms with Crippen LogP contribution in [0.4, 0.5) is 0 Å². The quantitative estimate of drug-likeness (QED) is 0.378. The van der Waals surface area contributed by atoms with Gasteiger partial charge in [0.2, 0.25) is 0 Å². The van der Waals surface area contributed by atoms with Gasteiger partial charge in [-0.2, -0.15) is 0 Å². The molecule has 1 rings (SSSR count). The molecule has 0 aliphatic rings. The minimum Gasteiger partial charge on any atom is -0.497 e. The molecule has 3 heteroatoms. The van der Waals surface area contributed by atoms with Crippen molar-refractivity contribution < 1.29 is 4.74 Å². The summed E-state index contributed by atoms with van der Waals surface area (Å²) in [5.41, 5.74) is 5.64. The number of benzene rings is 1. The Hall–Kier alpha value is -1.95. The summed E-state index contributed by atoms with van der Waals surface area (Å²) in [6.45, 7) is 17.7. The predicted octanol–water partition coefficient (Wildman–Crippen LogP) is 5.68. The number of rotatable bonds is 4. The molecule has 0 amide bonds. The summed E-state index contributed by atoms with van der Waals surface area (Å²) in [5.74, 6) is 11.1. The molecule has 0 saturated carbocycles. The van der Waals surface area contributed by atoms with Crippen molar-refractivity contribution in [3.05, 3.63) is 53.3 Å². The summed E-state index contributed by atoms with van der Waals surface area (Å²) < 4.78 is 5.21. The van der Waals surface area contributed by atoms with E-state index < -0.39 is 16.1 Å². The highest BCUT2D eigenvalue weighted by Crippen LogP contribution is 2.21. The van der Waals surface area contributed by atoms with E-state index in [-0.39, 0.29) is 0 Å². The monoisotopic (exact) mass is 366 g/mol. The molecule has 1 nitrogen and oxygen atoms in total. The van der Waals surface area contributed by atoms with E-state index in [2.05, 4.69) is 69.2 Å². The zero-order valence-electron chi connectivity index (χ0n) is 16.7. The highest BCUT2D eigenvalue weighted by Gasteiger charge is 2.21. The first-order valence-electron chi connectivity index (χ1n) is 8.60. The molecule has 0 fully saturated rings. The minimum atomic E-state index is -1.61. The normalized spacial score (nSPS) is 12.1. The lowest BCUT2D eigenvalue weighted by atomic mass is 10.1. The standard InChI is InChI=1S/C22H30OSi2/c1-9-10-20(17-18-24(3,4)5)22(25(6,7)8)16-13-19-11-14-21(23-2)15-12-19/h9,11-12,14-15H,1,10H2,2-8H3/b22-20+. The lowest BCUT2D eigenvalue weighted by Gasteiger charge is -2.18. The van der Waals surface area contributed by atoms with Gasteiger partial charge < -0.3 is 4.74 Å². The van der Waals surface area contributed by atoms with E-state index in [0.717, 1.165) is 23.3 Å². The Morgan fingerprint density at radius 1 is 1.04 bits per heavy atom. The smallest absolute Gasteiger partial charge is 0.129 e. The van der Waals surface area contributed by atoms with Gasteiger partial charge in [0.1, 0.15) is 13.8 Å². The lowest BCUT2D eigenvalue weighted by Crippen LogP contribution is -2.25. The molecule has 0 aliphatic heterocycles. The first kappa shape index (κ1) is 21.1. The molecule has 0 atom stereocenters. The summed E-state index contributed by atoms with van der Waals surface area (Å²) >= 11 is 0. The molecule has 0 saturated heterocycles. The first-order chi connectivity index (χ1) is 11.6. The maximum Gasteiger partial charge on any atom is 0.129 e. The zero-order chi connectivity index (χ0) is 19.1. The summed E-state index contributed by atoms with van der Waals surface area (Å²) in [6.07, 6.45) is 2.72. The topological polar surface area (TPSA) is 9.23 Å². The predicted molar refractivity (Wildman–Crippen MR) is 116 cm³/mol. The number of hydrogen-bond donors (Lipinski definition) is 0. The number of allylic oxidation sites excluding steroid dienone is 3. The van der Waals surface area contributed by atoms with Crippen LogP contribution in [0, 0.1) is 23.3 Å². The second kappa shape index (κ2) is 8.95. The van der Waals surface area contributed by atoms with Crippen molar-refractivity contribution in [2.24, 2.45) is 0 Å². The Morgan fingerprint density at radius 2 is 1.64 bits per heavy atom. The van der Waals surface area contributed by atoms with Gasteiger partial charge in [0.05, 0.1) is 15.2 Å². The summed E-state index contributed by atoms with van der Waals surface area (Å²) in [5, 5.41) is 1.23. The van der Waals surface area contributed by atoms with E-state index >= 15 is 0 Å². The van der Waals surface area contributed by atoms with Crippen LogP contribution in [0.3, 0.4) is 0 Å². The molecule has 0 N–H and O–H groups in total. The van der Waals surface area contributed by atoms with Gasteiger partial charge in [-0.15, -0.1) is 12.1 Å². The van der Waals surface area contributed by atoms with Crippen LogP contribution in [-0.4, -0.2) is 23.3 Å². The molecule has 0 spiro atoms. The summed E-state index contributed by atoms with van der Waals surface area (Å²) in [4.78, 5) is 0. The Balaban J connectivity index is 3.41. The average Bonchev–Trinajstić information content (AvgIpc) is 2.51. The Morgan fingerprint density at radius 3 is 2.08 bits per heavy atom. The van der Waals surface area contributed by atoms with E-state index in [4.69, 9.17) is 4.74 Å². The third-order valence-corrected chi connectivity index (χ3v) is 6.21. The molecule has 1 aromatic carbocycles. The van der Waals surface area contributed by atoms with Crippen LogP contribution in [0.1, 0.15) is 12.0 Å². The highest BCUT2D eigenvalue weighted by atomic mass is 28.3. The van der Waals surface area contributed by atoms with Crippen LogP contribution in [0.5, 0.6) is 5.75 Å². The van der Waals surface area contributed by atoms with Crippen molar-refractivity contribution in [2.45, 2.75) is 45.7 Å². The van der Waals surface area contributed by atoms with Gasteiger partial charge in [-0.1, -0.05) is 63.1 Å². The second-order valence-corrected chi connectivity index (χ2v) is 17.8. The molecule has 0 aromatic heterocycles. The van der Waals surface area contributed by atoms with Gasteiger partial charge in [-0.25, -0.2) is 0 Å². The van der Waals surface area contributed by atoms with Crippen molar-refractivity contribution in [3.8, 4) is 29.1 Å². The van der Waals surface area contributed by atoms with Gasteiger partial charge in [-0.3, -0.25) is 0 Å². The van der Waals surface area contributed by atoms with Crippen LogP contribution in [0.25, 0.3) is 0 Å². The van der Waals surface area contributed by atoms with Crippen LogP contribution in [0.2, 0.25) is 39.3 Å². The molecule has 25 heavy (non-hydrogen) atoms. The van der Waals surface area contributed by atoms with Gasteiger partial charge in [0.25, 0.3) is 0 Å². The van der Waals surface area contributed by atoms with Gasteiger partial charge in [-0.05, 0) is 35.9 Å². The van der Waals surface area contributed by atoms with Gasteiger partial charge in [0.15, 0.2) is 0 Å². The van der Waals surface area contributed by atoms with Crippen LogP contribution in [0.15, 0.2) is 47.7 Å². The second-order valence-electron chi connectivity index (χ2n) is 8.07. The molecule has 0 aliphatic carbocycles. The van der Waals surface area contributed by atoms with Crippen LogP contribution < -0.4 is 4.74 Å². The van der Waals surface area contributed by atoms with E-state index in [9.17, 15) is 0 Å². The van der Waals surface area contributed by atoms with E-state index in [1.165, 1.54) is 5.20 Å². The highest BCUT2D eigenvalue weighted by molar-refractivity contribution is 6.85. The summed E-state index contributed by atoms with van der Waals surface area (Å²) in [6, 6.07) is 7.87. The van der Waals surface area contributed by atoms with E-state index in [0.29, 0.717) is 0 Å². The van der Waals surface area contributed by atoms with Crippen LogP contribution in [-0.2, 0) is 0 Å². The third-order valence-electron chi connectivity index (χ3n) is 3.41. The number of methoxy groups -OCH3 is 1. The van der Waals surface area contributed by atoms with E-state index in [1.807, 2.05) is 30.3 Å². The van der Waals surface area contributed by atoms with Gasteiger partial charge >= 0.3 is 0 Å². The van der Waals surface area contributed by atoms with Crippen molar-refractivity contribution in [2.75, 3.05) is 7.11 Å². The Kier molecular flexibility index (Phi) is 7.55. The van der Waals surface area contributed by atoms with E-state index in [1.54, 1.807) is 7.11 Å². The Bertz CT molecular complexity index is 749. The lowest BCUT2D eigenvalue weighted by molar-refractivity contribution is 0.415. The fourth-order valence-electron chi connectivity index (χ4n) is 2.15. The fourth-order valence-corrected chi connectivity index (χ4v) is 4.18. The van der Waals surface area contributed by atoms with Crippen molar-refractivity contribution in [1.29, 1.82) is 0 Å². The van der Waals surface area contributed by atoms with Crippen molar-refractivity contribution >= 4 is 16.1 Å². The molecular formula is C22H30OSi2. The van der Waals surface area contributed by atoms with Crippen molar-refractivity contribution in [3.63, 3.8) is 0 Å². The van der Waals surface area contributed by atoms with Crippen molar-refractivity contribution in [1.82, 2.24) is 0 Å². The maximum absolute atomic E-state index is 5.21. The molecule has 0 heterocycles. The SMILES string of the molecule is C=CC/C(C#C[Si](C)(C)C)=C(/C#Cc1ccc(OC)cc1)[Si](C)(C)C. The molecular weight excluding hydrogens is 336 g/mol. The molecule has 0 unspecified atom stereocenters. The van der Waals surface area contributed by atoms with Gasteiger partial charge in [0, 0.05) is 11.1 Å². The van der Waals surface area contributed by atoms with Crippen LogP contribution >= 0.6 is 0 Å². The fraction of sp³-hybridized carbons (Fsp3) is 0.364. The number of ether oxygens (including phenoxy) is 1. The number of hydrogen-bond acceptors (Lipinski definition) is 1. The maximum atomic E-state index is 5.21. The summed E-state index contributed by atoms with van der Waals surface area (Å²) in [7, 11) is -1.36. The average molecular weight is 367 g/mol. The largest absolute Gasteiger partial charge is 0.497 e.